The number of aromatic nitrogens is 2. The Bertz CT molecular complexity index is 436. The molecule has 0 amide bonds. The van der Waals surface area contributed by atoms with E-state index in [0.717, 1.165) is 24.4 Å². The van der Waals surface area contributed by atoms with Crippen LogP contribution < -0.4 is 5.32 Å². The third-order valence-corrected chi connectivity index (χ3v) is 4.37. The van der Waals surface area contributed by atoms with Crippen molar-refractivity contribution in [2.75, 3.05) is 6.54 Å². The van der Waals surface area contributed by atoms with Crippen molar-refractivity contribution in [3.63, 3.8) is 0 Å². The van der Waals surface area contributed by atoms with E-state index in [1.807, 2.05) is 14.0 Å². The lowest BCUT2D eigenvalue weighted by atomic mass is 9.89. The molecule has 0 aromatic carbocycles. The van der Waals surface area contributed by atoms with Crippen molar-refractivity contribution in [3.05, 3.63) is 16.4 Å². The van der Waals surface area contributed by atoms with E-state index in [2.05, 4.69) is 10.4 Å². The Labute approximate surface area is 119 Å². The van der Waals surface area contributed by atoms with E-state index in [9.17, 15) is 4.39 Å². The first-order valence-electron chi connectivity index (χ1n) is 6.99. The fraction of sp³-hybridized carbons (Fsp3) is 0.786. The van der Waals surface area contributed by atoms with Crippen LogP contribution in [-0.2, 0) is 13.5 Å². The van der Waals surface area contributed by atoms with E-state index < -0.39 is 5.67 Å². The van der Waals surface area contributed by atoms with E-state index in [1.165, 1.54) is 12.8 Å². The first-order chi connectivity index (χ1) is 8.89. The van der Waals surface area contributed by atoms with Gasteiger partial charge in [-0.15, -0.1) is 0 Å². The topological polar surface area (TPSA) is 29.9 Å². The van der Waals surface area contributed by atoms with Crippen LogP contribution in [0.25, 0.3) is 0 Å². The van der Waals surface area contributed by atoms with Gasteiger partial charge in [-0.25, -0.2) is 4.39 Å². The number of rotatable bonds is 4. The highest BCUT2D eigenvalue weighted by molar-refractivity contribution is 6.31. The number of hydrogen-bond donors (Lipinski definition) is 1. The first-order valence-corrected chi connectivity index (χ1v) is 7.37. The Morgan fingerprint density at radius 2 is 2.26 bits per heavy atom. The minimum atomic E-state index is -1.25. The molecule has 1 aromatic rings. The second kappa shape index (κ2) is 5.80. The number of nitrogens with zero attached hydrogens (tertiary/aromatic N) is 2. The van der Waals surface area contributed by atoms with Crippen molar-refractivity contribution >= 4 is 11.6 Å². The van der Waals surface area contributed by atoms with E-state index in [4.69, 9.17) is 11.6 Å². The summed E-state index contributed by atoms with van der Waals surface area (Å²) in [6.07, 6.45) is 4.32. The highest BCUT2D eigenvalue weighted by Crippen LogP contribution is 2.30. The summed E-state index contributed by atoms with van der Waals surface area (Å²) in [5.74, 6) is 0. The molecule has 0 bridgehead atoms. The molecular weight excluding hydrogens is 265 g/mol. The molecule has 2 heterocycles. The zero-order chi connectivity index (χ0) is 14.0. The third kappa shape index (κ3) is 3.69. The van der Waals surface area contributed by atoms with Crippen molar-refractivity contribution in [1.29, 1.82) is 0 Å². The summed E-state index contributed by atoms with van der Waals surface area (Å²) >= 11 is 6.20. The quantitative estimate of drug-likeness (QED) is 0.922. The molecule has 0 spiro atoms. The Morgan fingerprint density at radius 1 is 1.53 bits per heavy atom. The van der Waals surface area contributed by atoms with Gasteiger partial charge in [-0.05, 0) is 39.7 Å². The number of aryl methyl sites for hydroxylation is 2. The molecule has 108 valence electrons. The van der Waals surface area contributed by atoms with Crippen LogP contribution in [0.4, 0.5) is 4.39 Å². The van der Waals surface area contributed by atoms with Gasteiger partial charge in [-0.2, -0.15) is 5.10 Å². The number of alkyl halides is 1. The van der Waals surface area contributed by atoms with Crippen LogP contribution in [0.1, 0.15) is 44.0 Å². The van der Waals surface area contributed by atoms with E-state index >= 15 is 0 Å². The van der Waals surface area contributed by atoms with E-state index in [-0.39, 0.29) is 6.04 Å². The largest absolute Gasteiger partial charge is 0.314 e. The smallest absolute Gasteiger partial charge is 0.115 e. The Hall–Kier alpha value is -0.610. The fourth-order valence-corrected chi connectivity index (χ4v) is 3.13. The molecule has 1 saturated heterocycles. The van der Waals surface area contributed by atoms with E-state index in [1.54, 1.807) is 11.6 Å². The summed E-state index contributed by atoms with van der Waals surface area (Å²) < 4.78 is 16.5. The lowest BCUT2D eigenvalue weighted by Gasteiger charge is -2.30. The molecule has 1 aliphatic rings. The van der Waals surface area contributed by atoms with Gasteiger partial charge < -0.3 is 5.32 Å². The van der Waals surface area contributed by atoms with Gasteiger partial charge >= 0.3 is 0 Å². The summed E-state index contributed by atoms with van der Waals surface area (Å²) in [6, 6.07) is 0.289. The Balaban J connectivity index is 2.03. The molecule has 19 heavy (non-hydrogen) atoms. The van der Waals surface area contributed by atoms with Crippen LogP contribution in [0.2, 0.25) is 5.02 Å². The number of nitrogens with one attached hydrogen (secondary N) is 1. The second-order valence-corrected chi connectivity index (χ2v) is 6.29. The van der Waals surface area contributed by atoms with Gasteiger partial charge in [0.1, 0.15) is 5.67 Å². The average Bonchev–Trinajstić information content (AvgIpc) is 2.56. The summed E-state index contributed by atoms with van der Waals surface area (Å²) in [7, 11) is 1.82. The fourth-order valence-electron chi connectivity index (χ4n) is 2.91. The molecule has 1 aromatic heterocycles. The summed E-state index contributed by atoms with van der Waals surface area (Å²) in [5, 5.41) is 8.24. The normalized spacial score (nSPS) is 23.3. The number of piperidine rings is 1. The highest BCUT2D eigenvalue weighted by Gasteiger charge is 2.31. The van der Waals surface area contributed by atoms with Crippen molar-refractivity contribution in [3.8, 4) is 0 Å². The second-order valence-electron chi connectivity index (χ2n) is 5.91. The maximum Gasteiger partial charge on any atom is 0.115 e. The molecule has 1 fully saturated rings. The lowest BCUT2D eigenvalue weighted by Crippen LogP contribution is -2.40. The molecular formula is C14H23ClFN3. The van der Waals surface area contributed by atoms with Gasteiger partial charge in [0, 0.05) is 19.5 Å². The maximum absolute atomic E-state index is 14.8. The van der Waals surface area contributed by atoms with Crippen LogP contribution >= 0.6 is 11.6 Å². The molecule has 0 radical (unpaired) electrons. The van der Waals surface area contributed by atoms with Crippen molar-refractivity contribution in [1.82, 2.24) is 15.1 Å². The minimum absolute atomic E-state index is 0.289. The molecule has 1 N–H and O–H groups in total. The molecule has 0 saturated carbocycles. The summed E-state index contributed by atoms with van der Waals surface area (Å²) in [4.78, 5) is 0. The van der Waals surface area contributed by atoms with Gasteiger partial charge in [0.25, 0.3) is 0 Å². The molecule has 0 aliphatic carbocycles. The van der Waals surface area contributed by atoms with Crippen LogP contribution in [0.15, 0.2) is 0 Å². The standard InChI is InChI=1S/C14H23ClFN3/c1-10-13(15)12(19(3)18-10)9-14(2,16)8-11-6-4-5-7-17-11/h11,17H,4-9H2,1-3H3. The number of halogens is 2. The molecule has 2 unspecified atom stereocenters. The SMILES string of the molecule is Cc1nn(C)c(CC(C)(F)CC2CCCCN2)c1Cl. The molecule has 3 nitrogen and oxygen atoms in total. The van der Waals surface area contributed by atoms with Gasteiger partial charge in [-0.3, -0.25) is 4.68 Å². The summed E-state index contributed by atoms with van der Waals surface area (Å²) in [5.41, 5.74) is 0.310. The average molecular weight is 288 g/mol. The zero-order valence-electron chi connectivity index (χ0n) is 12.0. The maximum atomic E-state index is 14.8. The third-order valence-electron chi connectivity index (χ3n) is 3.88. The van der Waals surface area contributed by atoms with Crippen molar-refractivity contribution in [2.45, 2.75) is 57.7 Å². The van der Waals surface area contributed by atoms with Gasteiger partial charge in [0.2, 0.25) is 0 Å². The van der Waals surface area contributed by atoms with Gasteiger partial charge in [0.05, 0.1) is 16.4 Å². The van der Waals surface area contributed by atoms with Crippen LogP contribution in [-0.4, -0.2) is 28.0 Å². The Kier molecular flexibility index (Phi) is 4.51. The molecule has 5 heteroatoms. The van der Waals surface area contributed by atoms with Gasteiger partial charge in [0.15, 0.2) is 0 Å². The predicted molar refractivity (Wildman–Crippen MR) is 76.4 cm³/mol. The minimum Gasteiger partial charge on any atom is -0.314 e. The summed E-state index contributed by atoms with van der Waals surface area (Å²) in [6.45, 7) is 4.53. The Morgan fingerprint density at radius 3 is 2.79 bits per heavy atom. The van der Waals surface area contributed by atoms with Crippen LogP contribution in [0.5, 0.6) is 0 Å². The first kappa shape index (κ1) is 14.8. The van der Waals surface area contributed by atoms with E-state index in [0.29, 0.717) is 17.9 Å². The molecule has 2 rings (SSSR count). The van der Waals surface area contributed by atoms with Crippen LogP contribution in [0, 0.1) is 6.92 Å². The number of hydrogen-bond acceptors (Lipinski definition) is 2. The van der Waals surface area contributed by atoms with Crippen molar-refractivity contribution < 1.29 is 4.39 Å². The van der Waals surface area contributed by atoms with Gasteiger partial charge in [-0.1, -0.05) is 18.0 Å². The zero-order valence-corrected chi connectivity index (χ0v) is 12.7. The highest BCUT2D eigenvalue weighted by atomic mass is 35.5. The van der Waals surface area contributed by atoms with Crippen molar-refractivity contribution in [2.24, 2.45) is 7.05 Å². The van der Waals surface area contributed by atoms with Crippen LogP contribution in [0.3, 0.4) is 0 Å². The predicted octanol–water partition coefficient (Wildman–Crippen LogP) is 3.18. The monoisotopic (exact) mass is 287 g/mol. The molecule has 2 atom stereocenters. The lowest BCUT2D eigenvalue weighted by molar-refractivity contribution is 0.143. The molecule has 1 aliphatic heterocycles.